The largest absolute Gasteiger partial charge is 0.478 e. The minimum atomic E-state index is -1.12. The smallest absolute Gasteiger partial charge is 0.336 e. The first-order valence-electron chi connectivity index (χ1n) is 7.37. The number of hydrogen-bond acceptors (Lipinski definition) is 2. The molecule has 0 fully saturated rings. The van der Waals surface area contributed by atoms with Gasteiger partial charge in [-0.15, -0.1) is 0 Å². The maximum absolute atomic E-state index is 12.0. The lowest BCUT2D eigenvalue weighted by molar-refractivity contribution is 0.0692. The second-order valence-electron chi connectivity index (χ2n) is 3.67. The predicted molar refractivity (Wildman–Crippen MR) is 90.5 cm³/mol. The minimum Gasteiger partial charge on any atom is -0.478 e. The summed E-state index contributed by atoms with van der Waals surface area (Å²) >= 11 is 0. The number of carbonyl (C=O) groups is 2. The Labute approximate surface area is 131 Å². The van der Waals surface area contributed by atoms with Gasteiger partial charge in [-0.1, -0.05) is 58.0 Å². The van der Waals surface area contributed by atoms with Crippen molar-refractivity contribution in [2.75, 3.05) is 5.32 Å². The molecule has 0 bridgehead atoms. The lowest BCUT2D eigenvalue weighted by atomic mass is 10.1. The summed E-state index contributed by atoms with van der Waals surface area (Å²) in [6.07, 6.45) is 0. The van der Waals surface area contributed by atoms with Crippen LogP contribution in [0.4, 0.5) is 5.69 Å². The zero-order valence-corrected chi connectivity index (χ0v) is 13.5. The highest BCUT2D eigenvalue weighted by Crippen LogP contribution is 2.12. The van der Waals surface area contributed by atoms with Crippen LogP contribution in [0.1, 0.15) is 48.4 Å². The number of anilines is 1. The molecule has 2 aromatic rings. The highest BCUT2D eigenvalue weighted by atomic mass is 16.4. The second kappa shape index (κ2) is 11.1. The quantitative estimate of drug-likeness (QED) is 0.864. The van der Waals surface area contributed by atoms with Gasteiger partial charge in [0.15, 0.2) is 0 Å². The molecule has 1 amide bonds. The first-order valence-corrected chi connectivity index (χ1v) is 7.37. The van der Waals surface area contributed by atoms with Gasteiger partial charge in [-0.25, -0.2) is 4.79 Å². The van der Waals surface area contributed by atoms with E-state index in [1.165, 1.54) is 12.1 Å². The summed E-state index contributed by atoms with van der Waals surface area (Å²) in [5, 5.41) is 11.7. The van der Waals surface area contributed by atoms with Crippen molar-refractivity contribution in [2.45, 2.75) is 27.7 Å². The number of carbonyl (C=O) groups excluding carboxylic acids is 1. The van der Waals surface area contributed by atoms with Crippen LogP contribution >= 0.6 is 0 Å². The van der Waals surface area contributed by atoms with Gasteiger partial charge in [0.05, 0.1) is 11.1 Å². The lowest BCUT2D eigenvalue weighted by Crippen LogP contribution is -2.16. The molecule has 2 N–H and O–H groups in total. The molecule has 22 heavy (non-hydrogen) atoms. The fourth-order valence-electron chi connectivity index (χ4n) is 1.59. The van der Waals surface area contributed by atoms with Gasteiger partial charge in [0.1, 0.15) is 0 Å². The van der Waals surface area contributed by atoms with Crippen molar-refractivity contribution < 1.29 is 14.7 Å². The van der Waals surface area contributed by atoms with E-state index in [0.29, 0.717) is 5.69 Å². The Morgan fingerprint density at radius 1 is 0.773 bits per heavy atom. The monoisotopic (exact) mass is 301 g/mol. The van der Waals surface area contributed by atoms with Crippen LogP contribution in [0.3, 0.4) is 0 Å². The zero-order valence-electron chi connectivity index (χ0n) is 13.5. The molecule has 0 atom stereocenters. The normalized spacial score (nSPS) is 8.55. The Kier molecular flexibility index (Phi) is 9.76. The molecule has 0 aliphatic rings. The highest BCUT2D eigenvalue weighted by Gasteiger charge is 2.15. The van der Waals surface area contributed by atoms with E-state index in [1.54, 1.807) is 36.4 Å². The summed E-state index contributed by atoms with van der Waals surface area (Å²) in [5.74, 6) is -1.55. The number of aromatic carboxylic acids is 1. The average Bonchev–Trinajstić information content (AvgIpc) is 2.59. The van der Waals surface area contributed by atoms with Gasteiger partial charge in [-0.05, 0) is 24.3 Å². The molecule has 0 heterocycles. The third kappa shape index (κ3) is 5.79. The van der Waals surface area contributed by atoms with E-state index >= 15 is 0 Å². The zero-order chi connectivity index (χ0) is 17.0. The minimum absolute atomic E-state index is 0.00840. The van der Waals surface area contributed by atoms with Gasteiger partial charge in [0, 0.05) is 5.69 Å². The molecule has 118 valence electrons. The van der Waals surface area contributed by atoms with Gasteiger partial charge < -0.3 is 10.4 Å². The van der Waals surface area contributed by atoms with E-state index in [-0.39, 0.29) is 11.1 Å². The number of carboxylic acid groups (broad SMARTS) is 1. The van der Waals surface area contributed by atoms with Gasteiger partial charge in [0.2, 0.25) is 0 Å². The summed E-state index contributed by atoms with van der Waals surface area (Å²) in [6.45, 7) is 8.00. The molecule has 4 heteroatoms. The fraction of sp³-hybridized carbons (Fsp3) is 0.222. The number of nitrogens with one attached hydrogen (secondary N) is 1. The van der Waals surface area contributed by atoms with Crippen molar-refractivity contribution in [1.29, 1.82) is 0 Å². The van der Waals surface area contributed by atoms with Crippen LogP contribution in [0.5, 0.6) is 0 Å². The van der Waals surface area contributed by atoms with Gasteiger partial charge in [-0.2, -0.15) is 0 Å². The second-order valence-corrected chi connectivity index (χ2v) is 3.67. The number of amides is 1. The van der Waals surface area contributed by atoms with Crippen LogP contribution in [-0.2, 0) is 0 Å². The van der Waals surface area contributed by atoms with E-state index in [4.69, 9.17) is 5.11 Å². The molecule has 0 radical (unpaired) electrons. The maximum atomic E-state index is 12.0. The van der Waals surface area contributed by atoms with E-state index in [9.17, 15) is 9.59 Å². The number of hydrogen-bond donors (Lipinski definition) is 2. The van der Waals surface area contributed by atoms with Crippen LogP contribution < -0.4 is 5.32 Å². The molecule has 0 aliphatic carbocycles. The molecule has 0 aliphatic heterocycles. The van der Waals surface area contributed by atoms with Gasteiger partial charge in [0.25, 0.3) is 5.91 Å². The summed E-state index contributed by atoms with van der Waals surface area (Å²) in [7, 11) is 0. The molecule has 2 rings (SSSR count). The summed E-state index contributed by atoms with van der Waals surface area (Å²) in [6, 6.07) is 15.0. The molecule has 0 unspecified atom stereocenters. The van der Waals surface area contributed by atoms with E-state index < -0.39 is 11.9 Å². The topological polar surface area (TPSA) is 66.4 Å². The summed E-state index contributed by atoms with van der Waals surface area (Å²) < 4.78 is 0. The molecular formula is C18H23NO3. The van der Waals surface area contributed by atoms with Crippen molar-refractivity contribution in [2.24, 2.45) is 0 Å². The molecule has 0 aromatic heterocycles. The van der Waals surface area contributed by atoms with Crippen LogP contribution in [0.25, 0.3) is 0 Å². The average molecular weight is 301 g/mol. The van der Waals surface area contributed by atoms with Crippen molar-refractivity contribution in [1.82, 2.24) is 0 Å². The first-order chi connectivity index (χ1) is 10.7. The Bertz CT molecular complexity index is 580. The molecule has 0 saturated carbocycles. The van der Waals surface area contributed by atoms with Crippen LogP contribution in [0.2, 0.25) is 0 Å². The van der Waals surface area contributed by atoms with Crippen molar-refractivity contribution in [3.8, 4) is 0 Å². The third-order valence-electron chi connectivity index (χ3n) is 2.43. The van der Waals surface area contributed by atoms with E-state index in [0.717, 1.165) is 0 Å². The fourth-order valence-corrected chi connectivity index (χ4v) is 1.59. The Hall–Kier alpha value is -2.62. The van der Waals surface area contributed by atoms with Crippen LogP contribution in [0, 0.1) is 0 Å². The van der Waals surface area contributed by atoms with Crippen LogP contribution in [0.15, 0.2) is 54.6 Å². The van der Waals surface area contributed by atoms with Crippen molar-refractivity contribution in [3.05, 3.63) is 65.7 Å². The third-order valence-corrected chi connectivity index (χ3v) is 2.43. The highest BCUT2D eigenvalue weighted by molar-refractivity contribution is 6.10. The molecule has 0 saturated heterocycles. The number of benzene rings is 2. The summed E-state index contributed by atoms with van der Waals surface area (Å²) in [4.78, 5) is 23.0. The van der Waals surface area contributed by atoms with Crippen molar-refractivity contribution >= 4 is 17.6 Å². The molecular weight excluding hydrogens is 278 g/mol. The van der Waals surface area contributed by atoms with E-state index in [1.807, 2.05) is 33.8 Å². The first kappa shape index (κ1) is 19.4. The molecule has 0 spiro atoms. The van der Waals surface area contributed by atoms with E-state index in [2.05, 4.69) is 5.32 Å². The lowest BCUT2D eigenvalue weighted by Gasteiger charge is -2.07. The van der Waals surface area contributed by atoms with Gasteiger partial charge in [-0.3, -0.25) is 4.79 Å². The van der Waals surface area contributed by atoms with Crippen molar-refractivity contribution in [3.63, 3.8) is 0 Å². The summed E-state index contributed by atoms with van der Waals surface area (Å²) in [5.41, 5.74) is 0.766. The Balaban J connectivity index is 0.00000102. The maximum Gasteiger partial charge on any atom is 0.336 e. The number of carboxylic acids is 1. The SMILES string of the molecule is CC.CC.O=C(O)c1ccccc1C(=O)Nc1ccccc1. The number of para-hydroxylation sites is 1. The Morgan fingerprint density at radius 2 is 1.23 bits per heavy atom. The standard InChI is InChI=1S/C14H11NO3.2C2H6/c16-13(15-10-6-2-1-3-7-10)11-8-4-5-9-12(11)14(17)18;2*1-2/h1-9H,(H,15,16)(H,17,18);2*1-2H3. The van der Waals surface area contributed by atoms with Gasteiger partial charge >= 0.3 is 5.97 Å². The van der Waals surface area contributed by atoms with Crippen LogP contribution in [-0.4, -0.2) is 17.0 Å². The molecule has 2 aromatic carbocycles. The predicted octanol–water partition coefficient (Wildman–Crippen LogP) is 4.69. The number of rotatable bonds is 3. The molecule has 4 nitrogen and oxygen atoms in total. The Morgan fingerprint density at radius 3 is 1.73 bits per heavy atom.